The average molecular weight is 611 g/mol. The van der Waals surface area contributed by atoms with Crippen molar-refractivity contribution in [1.82, 2.24) is 19.6 Å². The van der Waals surface area contributed by atoms with E-state index in [2.05, 4.69) is 19.6 Å². The van der Waals surface area contributed by atoms with Crippen LogP contribution in [0.4, 0.5) is 0 Å². The Hall–Kier alpha value is -0.320. The van der Waals surface area contributed by atoms with E-state index in [9.17, 15) is 0 Å². The normalized spacial score (nSPS) is 18.1. The second-order valence-electron chi connectivity index (χ2n) is 13.2. The minimum atomic E-state index is 0.831. The summed E-state index contributed by atoms with van der Waals surface area (Å²) in [4.78, 5) is 11.1. The van der Waals surface area contributed by atoms with Gasteiger partial charge in [-0.2, -0.15) is 0 Å². The summed E-state index contributed by atoms with van der Waals surface area (Å²) in [5.41, 5.74) is 23.0. The van der Waals surface area contributed by atoms with E-state index in [0.29, 0.717) is 0 Å². The number of nitrogens with two attached hydrogens (primary N) is 4. The van der Waals surface area contributed by atoms with Crippen LogP contribution in [0.3, 0.4) is 0 Å². The molecule has 0 aromatic carbocycles. The van der Waals surface area contributed by atoms with Gasteiger partial charge < -0.3 is 42.5 Å². The largest absolute Gasteiger partial charge is 0.330 e. The van der Waals surface area contributed by atoms with Crippen LogP contribution in [0.15, 0.2) is 0 Å². The molecule has 1 heterocycles. The molecule has 0 atom stereocenters. The number of hydrogen-bond donors (Lipinski definition) is 4. The summed E-state index contributed by atoms with van der Waals surface area (Å²) in [7, 11) is 0. The zero-order valence-electron chi connectivity index (χ0n) is 28.8. The lowest BCUT2D eigenvalue weighted by molar-refractivity contribution is 0.183. The van der Waals surface area contributed by atoms with Gasteiger partial charge >= 0.3 is 0 Å². The first-order valence-corrected chi connectivity index (χ1v) is 18.9. The molecule has 0 unspecified atom stereocenters. The summed E-state index contributed by atoms with van der Waals surface area (Å²) in [6.45, 7) is 18.2. The predicted molar refractivity (Wildman–Crippen MR) is 190 cm³/mol. The molecule has 1 aliphatic rings. The predicted octanol–water partition coefficient (Wildman–Crippen LogP) is 4.45. The second-order valence-corrected chi connectivity index (χ2v) is 13.2. The standard InChI is InChI=1S/C35H78N8/c36-20-9-1-5-13-24-40-28-17-29-41(25-14-6-2-10-21-37)31-19-33-43(27-16-8-4-12-23-39)35-34-42(32-18-30-40)26-15-7-3-11-22-38/h1-39H2. The molecule has 0 bridgehead atoms. The van der Waals surface area contributed by atoms with E-state index in [1.807, 2.05) is 0 Å². The third-order valence-electron chi connectivity index (χ3n) is 9.29. The lowest BCUT2D eigenvalue weighted by Crippen LogP contribution is -2.38. The van der Waals surface area contributed by atoms with Gasteiger partial charge in [0.1, 0.15) is 0 Å². The highest BCUT2D eigenvalue weighted by molar-refractivity contribution is 4.70. The zero-order chi connectivity index (χ0) is 31.1. The molecule has 8 heteroatoms. The first-order valence-electron chi connectivity index (χ1n) is 18.9. The van der Waals surface area contributed by atoms with E-state index in [1.165, 1.54) is 201 Å². The van der Waals surface area contributed by atoms with Gasteiger partial charge in [-0.25, -0.2) is 0 Å². The Labute approximate surface area is 269 Å². The van der Waals surface area contributed by atoms with Crippen LogP contribution in [-0.2, 0) is 0 Å². The molecule has 0 spiro atoms. The topological polar surface area (TPSA) is 117 Å². The minimum absolute atomic E-state index is 0.831. The molecule has 43 heavy (non-hydrogen) atoms. The van der Waals surface area contributed by atoms with E-state index in [0.717, 1.165) is 26.2 Å². The number of rotatable bonds is 24. The molecule has 0 aromatic rings. The monoisotopic (exact) mass is 611 g/mol. The fourth-order valence-corrected chi connectivity index (χ4v) is 6.51. The molecule has 1 aliphatic heterocycles. The molecule has 258 valence electrons. The van der Waals surface area contributed by atoms with Gasteiger partial charge in [-0.15, -0.1) is 0 Å². The van der Waals surface area contributed by atoms with Crippen LogP contribution in [0.1, 0.15) is 122 Å². The molecule has 1 saturated heterocycles. The van der Waals surface area contributed by atoms with Crippen LogP contribution >= 0.6 is 0 Å². The zero-order valence-corrected chi connectivity index (χ0v) is 28.8. The highest BCUT2D eigenvalue weighted by Gasteiger charge is 2.14. The van der Waals surface area contributed by atoms with Crippen LogP contribution in [0.2, 0.25) is 0 Å². The van der Waals surface area contributed by atoms with Gasteiger partial charge in [-0.1, -0.05) is 51.4 Å². The molecule has 1 rings (SSSR count). The molecule has 0 aromatic heterocycles. The third kappa shape index (κ3) is 25.6. The molecule has 8 N–H and O–H groups in total. The van der Waals surface area contributed by atoms with E-state index in [4.69, 9.17) is 22.9 Å². The van der Waals surface area contributed by atoms with Crippen LogP contribution in [0.5, 0.6) is 0 Å². The van der Waals surface area contributed by atoms with Crippen molar-refractivity contribution in [3.8, 4) is 0 Å². The first-order chi connectivity index (χ1) is 21.2. The smallest absolute Gasteiger partial charge is 0.0109 e. The van der Waals surface area contributed by atoms with Crippen LogP contribution in [0.25, 0.3) is 0 Å². The molecule has 8 nitrogen and oxygen atoms in total. The SMILES string of the molecule is NCCCCCCN1CCCN(CCCCCCN)CCCN(CCCCCCN)CCN(CCCCCCN)CCC1. The van der Waals surface area contributed by atoms with Gasteiger partial charge in [0.15, 0.2) is 0 Å². The Bertz CT molecular complexity index is 506. The van der Waals surface area contributed by atoms with Crippen molar-refractivity contribution in [1.29, 1.82) is 0 Å². The summed E-state index contributed by atoms with van der Waals surface area (Å²) in [6, 6.07) is 0. The van der Waals surface area contributed by atoms with Crippen LogP contribution in [-0.4, -0.2) is 124 Å². The van der Waals surface area contributed by atoms with Gasteiger partial charge in [0.2, 0.25) is 0 Å². The fraction of sp³-hybridized carbons (Fsp3) is 1.00. The van der Waals surface area contributed by atoms with Crippen molar-refractivity contribution >= 4 is 0 Å². The number of nitrogens with zero attached hydrogens (tertiary/aromatic N) is 4. The molecule has 0 radical (unpaired) electrons. The van der Waals surface area contributed by atoms with Crippen molar-refractivity contribution in [2.75, 3.05) is 105 Å². The van der Waals surface area contributed by atoms with Gasteiger partial charge in [0, 0.05) is 13.1 Å². The number of hydrogen-bond acceptors (Lipinski definition) is 8. The Balaban J connectivity index is 2.81. The summed E-state index contributed by atoms with van der Waals surface area (Å²) >= 11 is 0. The summed E-state index contributed by atoms with van der Waals surface area (Å²) in [5, 5.41) is 0. The maximum atomic E-state index is 5.75. The van der Waals surface area contributed by atoms with Crippen molar-refractivity contribution in [2.45, 2.75) is 122 Å². The molecule has 0 amide bonds. The lowest BCUT2D eigenvalue weighted by atomic mass is 10.1. The highest BCUT2D eigenvalue weighted by Crippen LogP contribution is 2.10. The van der Waals surface area contributed by atoms with Gasteiger partial charge in [-0.3, -0.25) is 0 Å². The lowest BCUT2D eigenvalue weighted by Gasteiger charge is -2.29. The van der Waals surface area contributed by atoms with Crippen molar-refractivity contribution < 1.29 is 0 Å². The molecular weight excluding hydrogens is 532 g/mol. The van der Waals surface area contributed by atoms with Gasteiger partial charge in [-0.05, 0) is 162 Å². The molecular formula is C35H78N8. The van der Waals surface area contributed by atoms with Crippen molar-refractivity contribution in [2.24, 2.45) is 22.9 Å². The highest BCUT2D eigenvalue weighted by atomic mass is 15.2. The van der Waals surface area contributed by atoms with Gasteiger partial charge in [0.05, 0.1) is 0 Å². The van der Waals surface area contributed by atoms with E-state index < -0.39 is 0 Å². The summed E-state index contributed by atoms with van der Waals surface area (Å²) in [6.07, 6.45) is 24.2. The molecule has 1 fully saturated rings. The second kappa shape index (κ2) is 31.7. The maximum absolute atomic E-state index is 5.75. The average Bonchev–Trinajstić information content (AvgIpc) is 3.01. The van der Waals surface area contributed by atoms with E-state index >= 15 is 0 Å². The van der Waals surface area contributed by atoms with Gasteiger partial charge in [0.25, 0.3) is 0 Å². The Morgan fingerprint density at radius 3 is 0.698 bits per heavy atom. The summed E-state index contributed by atoms with van der Waals surface area (Å²) < 4.78 is 0. The van der Waals surface area contributed by atoms with Crippen molar-refractivity contribution in [3.63, 3.8) is 0 Å². The first kappa shape index (κ1) is 40.7. The molecule has 0 saturated carbocycles. The quantitative estimate of drug-likeness (QED) is 0.118. The Morgan fingerprint density at radius 2 is 0.465 bits per heavy atom. The van der Waals surface area contributed by atoms with Crippen LogP contribution < -0.4 is 22.9 Å². The molecule has 0 aliphatic carbocycles. The maximum Gasteiger partial charge on any atom is 0.0109 e. The third-order valence-corrected chi connectivity index (χ3v) is 9.29. The minimum Gasteiger partial charge on any atom is -0.330 e. The summed E-state index contributed by atoms with van der Waals surface area (Å²) in [5.74, 6) is 0. The number of unbranched alkanes of at least 4 members (excludes halogenated alkanes) is 12. The van der Waals surface area contributed by atoms with Crippen molar-refractivity contribution in [3.05, 3.63) is 0 Å². The van der Waals surface area contributed by atoms with Crippen LogP contribution in [0, 0.1) is 0 Å². The Kier molecular flexibility index (Phi) is 30.0. The van der Waals surface area contributed by atoms with E-state index in [-0.39, 0.29) is 0 Å². The fourth-order valence-electron chi connectivity index (χ4n) is 6.51. The van der Waals surface area contributed by atoms with E-state index in [1.54, 1.807) is 0 Å². The Morgan fingerprint density at radius 1 is 0.256 bits per heavy atom.